The summed E-state index contributed by atoms with van der Waals surface area (Å²) in [6.07, 6.45) is 1.08. The van der Waals surface area contributed by atoms with Crippen LogP contribution in [0, 0.1) is 0 Å². The molecule has 0 saturated carbocycles. The van der Waals surface area contributed by atoms with E-state index >= 15 is 0 Å². The fourth-order valence-electron chi connectivity index (χ4n) is 1.85. The Kier molecular flexibility index (Phi) is 5.24. The third-order valence-electron chi connectivity index (χ3n) is 2.75. The first-order valence-electron chi connectivity index (χ1n) is 7.03. The maximum absolute atomic E-state index is 5.60. The van der Waals surface area contributed by atoms with Gasteiger partial charge in [0.1, 0.15) is 17.4 Å². The lowest BCUT2D eigenvalue weighted by molar-refractivity contribution is 0.342. The number of benzene rings is 1. The number of pyridine rings is 1. The minimum absolute atomic E-state index is 0.643. The monoisotopic (exact) mass is 271 g/mol. The number of hydrogen-bond acceptors (Lipinski definition) is 4. The van der Waals surface area contributed by atoms with Crippen LogP contribution in [-0.4, -0.2) is 18.1 Å². The summed E-state index contributed by atoms with van der Waals surface area (Å²) >= 11 is 0. The van der Waals surface area contributed by atoms with E-state index in [0.29, 0.717) is 6.61 Å². The number of ether oxygens (including phenoxy) is 1. The summed E-state index contributed by atoms with van der Waals surface area (Å²) in [4.78, 5) is 4.53. The molecule has 2 N–H and O–H groups in total. The molecule has 1 heterocycles. The molecule has 0 amide bonds. The minimum Gasteiger partial charge on any atom is -0.492 e. The molecule has 0 aliphatic carbocycles. The van der Waals surface area contributed by atoms with E-state index < -0.39 is 0 Å². The first kappa shape index (κ1) is 14.2. The number of nitrogens with zero attached hydrogens (tertiary/aromatic N) is 1. The van der Waals surface area contributed by atoms with Gasteiger partial charge in [0.15, 0.2) is 0 Å². The van der Waals surface area contributed by atoms with E-state index in [-0.39, 0.29) is 0 Å². The zero-order valence-corrected chi connectivity index (χ0v) is 12.0. The van der Waals surface area contributed by atoms with Crippen LogP contribution in [0.25, 0.3) is 0 Å². The fourth-order valence-corrected chi connectivity index (χ4v) is 1.85. The molecule has 4 heteroatoms. The Hall–Kier alpha value is -2.23. The smallest absolute Gasteiger partial charge is 0.142 e. The Morgan fingerprint density at radius 1 is 1.00 bits per heavy atom. The van der Waals surface area contributed by atoms with Gasteiger partial charge in [-0.15, -0.1) is 0 Å². The topological polar surface area (TPSA) is 46.2 Å². The van der Waals surface area contributed by atoms with Crippen molar-refractivity contribution >= 4 is 17.3 Å². The van der Waals surface area contributed by atoms with Gasteiger partial charge in [-0.05, 0) is 37.6 Å². The molecule has 2 rings (SSSR count). The Morgan fingerprint density at radius 2 is 1.80 bits per heavy atom. The molecule has 0 atom stereocenters. The van der Waals surface area contributed by atoms with Crippen LogP contribution in [0.2, 0.25) is 0 Å². The third-order valence-corrected chi connectivity index (χ3v) is 2.75. The van der Waals surface area contributed by atoms with Crippen LogP contribution in [0.4, 0.5) is 17.3 Å². The molecular formula is C16H21N3O. The number of hydrogen-bond donors (Lipinski definition) is 2. The molecule has 1 aromatic carbocycles. The highest BCUT2D eigenvalue weighted by Crippen LogP contribution is 2.26. The van der Waals surface area contributed by atoms with Crippen LogP contribution in [-0.2, 0) is 0 Å². The summed E-state index contributed by atoms with van der Waals surface area (Å²) in [5.41, 5.74) is 0.925. The van der Waals surface area contributed by atoms with Crippen molar-refractivity contribution in [1.82, 2.24) is 4.98 Å². The number of nitrogens with one attached hydrogen (secondary N) is 2. The van der Waals surface area contributed by atoms with Crippen LogP contribution < -0.4 is 15.4 Å². The molecule has 0 fully saturated rings. The molecule has 2 aromatic rings. The molecule has 0 bridgehead atoms. The van der Waals surface area contributed by atoms with Crippen LogP contribution >= 0.6 is 0 Å². The van der Waals surface area contributed by atoms with Crippen molar-refractivity contribution in [3.05, 3.63) is 42.5 Å². The predicted molar refractivity (Wildman–Crippen MR) is 83.9 cm³/mol. The van der Waals surface area contributed by atoms with Crippen molar-refractivity contribution in [3.8, 4) is 5.75 Å². The normalized spacial score (nSPS) is 10.1. The molecule has 106 valence electrons. The highest BCUT2D eigenvalue weighted by Gasteiger charge is 2.04. The molecule has 0 radical (unpaired) electrons. The summed E-state index contributed by atoms with van der Waals surface area (Å²) in [7, 11) is 0. The second kappa shape index (κ2) is 7.38. The highest BCUT2D eigenvalue weighted by molar-refractivity contribution is 5.64. The van der Waals surface area contributed by atoms with Crippen LogP contribution in [0.5, 0.6) is 5.75 Å². The Balaban J connectivity index is 2.13. The SMILES string of the molecule is CCCNc1cccc(Nc2ccccc2OCC)n1. The van der Waals surface area contributed by atoms with E-state index in [1.54, 1.807) is 0 Å². The molecule has 20 heavy (non-hydrogen) atoms. The van der Waals surface area contributed by atoms with Crippen molar-refractivity contribution in [2.45, 2.75) is 20.3 Å². The van der Waals surface area contributed by atoms with Gasteiger partial charge in [-0.3, -0.25) is 0 Å². The number of aromatic nitrogens is 1. The Morgan fingerprint density at radius 3 is 2.60 bits per heavy atom. The summed E-state index contributed by atoms with van der Waals surface area (Å²) < 4.78 is 5.60. The van der Waals surface area contributed by atoms with E-state index in [0.717, 1.165) is 36.0 Å². The summed E-state index contributed by atoms with van der Waals surface area (Å²) in [6.45, 7) is 5.67. The average Bonchev–Trinajstić information content (AvgIpc) is 2.48. The quantitative estimate of drug-likeness (QED) is 0.797. The van der Waals surface area contributed by atoms with E-state index in [2.05, 4.69) is 22.5 Å². The van der Waals surface area contributed by atoms with Crippen molar-refractivity contribution < 1.29 is 4.74 Å². The number of rotatable bonds is 7. The highest BCUT2D eigenvalue weighted by atomic mass is 16.5. The van der Waals surface area contributed by atoms with Crippen molar-refractivity contribution in [1.29, 1.82) is 0 Å². The largest absolute Gasteiger partial charge is 0.492 e. The molecule has 0 aliphatic rings. The lowest BCUT2D eigenvalue weighted by Gasteiger charge is -2.12. The van der Waals surface area contributed by atoms with Gasteiger partial charge in [0.2, 0.25) is 0 Å². The standard InChI is InChI=1S/C16H21N3O/c1-3-12-17-15-10-7-11-16(19-15)18-13-8-5-6-9-14(13)20-4-2/h5-11H,3-4,12H2,1-2H3,(H2,17,18,19). The van der Waals surface area contributed by atoms with E-state index in [9.17, 15) is 0 Å². The molecule has 0 unspecified atom stereocenters. The molecular weight excluding hydrogens is 250 g/mol. The summed E-state index contributed by atoms with van der Waals surface area (Å²) in [5, 5.41) is 6.58. The van der Waals surface area contributed by atoms with Gasteiger partial charge < -0.3 is 15.4 Å². The van der Waals surface area contributed by atoms with E-state index in [4.69, 9.17) is 4.74 Å². The third kappa shape index (κ3) is 3.88. The van der Waals surface area contributed by atoms with Crippen LogP contribution in [0.15, 0.2) is 42.5 Å². The first-order valence-corrected chi connectivity index (χ1v) is 7.03. The zero-order chi connectivity index (χ0) is 14.2. The van der Waals surface area contributed by atoms with Gasteiger partial charge >= 0.3 is 0 Å². The van der Waals surface area contributed by atoms with Gasteiger partial charge in [-0.2, -0.15) is 0 Å². The Labute approximate surface area is 120 Å². The Bertz CT molecular complexity index is 543. The maximum atomic E-state index is 5.60. The lowest BCUT2D eigenvalue weighted by Crippen LogP contribution is -2.04. The second-order valence-corrected chi connectivity index (χ2v) is 4.39. The van der Waals surface area contributed by atoms with Crippen molar-refractivity contribution in [3.63, 3.8) is 0 Å². The van der Waals surface area contributed by atoms with Gasteiger partial charge in [-0.1, -0.05) is 25.1 Å². The molecule has 0 spiro atoms. The molecule has 0 saturated heterocycles. The molecule has 4 nitrogen and oxygen atoms in total. The summed E-state index contributed by atoms with van der Waals surface area (Å²) in [6, 6.07) is 13.8. The van der Waals surface area contributed by atoms with Gasteiger partial charge in [-0.25, -0.2) is 4.98 Å². The molecule has 0 aliphatic heterocycles. The van der Waals surface area contributed by atoms with E-state index in [1.807, 2.05) is 49.4 Å². The number of anilines is 3. The predicted octanol–water partition coefficient (Wildman–Crippen LogP) is 4.05. The zero-order valence-electron chi connectivity index (χ0n) is 12.0. The fraction of sp³-hybridized carbons (Fsp3) is 0.312. The maximum Gasteiger partial charge on any atom is 0.142 e. The summed E-state index contributed by atoms with van der Waals surface area (Å²) in [5.74, 6) is 2.52. The van der Waals surface area contributed by atoms with Gasteiger partial charge in [0.25, 0.3) is 0 Å². The van der Waals surface area contributed by atoms with Crippen molar-refractivity contribution in [2.75, 3.05) is 23.8 Å². The van der Waals surface area contributed by atoms with Crippen LogP contribution in [0.3, 0.4) is 0 Å². The van der Waals surface area contributed by atoms with E-state index in [1.165, 1.54) is 0 Å². The minimum atomic E-state index is 0.643. The number of para-hydroxylation sites is 2. The first-order chi connectivity index (χ1) is 9.83. The van der Waals surface area contributed by atoms with Crippen molar-refractivity contribution in [2.24, 2.45) is 0 Å². The van der Waals surface area contributed by atoms with Gasteiger partial charge in [0, 0.05) is 6.54 Å². The van der Waals surface area contributed by atoms with Gasteiger partial charge in [0.05, 0.1) is 12.3 Å². The average molecular weight is 271 g/mol. The lowest BCUT2D eigenvalue weighted by atomic mass is 10.3. The van der Waals surface area contributed by atoms with Crippen LogP contribution in [0.1, 0.15) is 20.3 Å². The molecule has 1 aromatic heterocycles. The second-order valence-electron chi connectivity index (χ2n) is 4.39.